The zero-order chi connectivity index (χ0) is 18.4. The Labute approximate surface area is 158 Å². The molecule has 1 aliphatic heterocycles. The first-order valence-corrected chi connectivity index (χ1v) is 9.65. The van der Waals surface area contributed by atoms with Crippen molar-refractivity contribution >= 4 is 16.9 Å². The summed E-state index contributed by atoms with van der Waals surface area (Å²) in [5, 5.41) is 0. The minimum atomic E-state index is 0.132. The number of aryl methyl sites for hydroxylation is 1. The third kappa shape index (κ3) is 2.69. The van der Waals surface area contributed by atoms with Gasteiger partial charge in [0.15, 0.2) is 0 Å². The van der Waals surface area contributed by atoms with E-state index in [0.717, 1.165) is 54.6 Å². The number of aromatic nitrogens is 2. The molecule has 0 unspecified atom stereocenters. The standard InChI is InChI=1S/C22H23N3O2/c1-27-16-7-4-14-6-9-21-17(18(14)12-16)3-2-10-25(21)22(26)15-5-8-19-20(11-15)24-13-23-19/h4-5,7-8,11-13,17,21H,2-3,6,9-10H2,1H3,(H,23,24)/t17-,21+/m0/s1. The van der Waals surface area contributed by atoms with Crippen molar-refractivity contribution in [3.8, 4) is 5.75 Å². The van der Waals surface area contributed by atoms with Gasteiger partial charge in [0.1, 0.15) is 5.75 Å². The minimum absolute atomic E-state index is 0.132. The predicted octanol–water partition coefficient (Wildman–Crippen LogP) is 3.91. The number of carbonyl (C=O) groups is 1. The maximum Gasteiger partial charge on any atom is 0.254 e. The van der Waals surface area contributed by atoms with E-state index in [1.807, 2.05) is 24.3 Å². The van der Waals surface area contributed by atoms with E-state index < -0.39 is 0 Å². The summed E-state index contributed by atoms with van der Waals surface area (Å²) in [5.74, 6) is 1.44. The van der Waals surface area contributed by atoms with Crippen LogP contribution in [0.2, 0.25) is 0 Å². The summed E-state index contributed by atoms with van der Waals surface area (Å²) in [7, 11) is 1.71. The summed E-state index contributed by atoms with van der Waals surface area (Å²) in [6.07, 6.45) is 5.89. The maximum absolute atomic E-state index is 13.3. The molecular formula is C22H23N3O2. The van der Waals surface area contributed by atoms with Crippen LogP contribution in [0.4, 0.5) is 0 Å². The lowest BCUT2D eigenvalue weighted by Gasteiger charge is -2.45. The van der Waals surface area contributed by atoms with Crippen molar-refractivity contribution in [1.29, 1.82) is 0 Å². The van der Waals surface area contributed by atoms with Crippen molar-refractivity contribution in [1.82, 2.24) is 14.9 Å². The molecule has 2 aromatic carbocycles. The van der Waals surface area contributed by atoms with Gasteiger partial charge in [-0.2, -0.15) is 0 Å². The van der Waals surface area contributed by atoms with Crippen LogP contribution in [0.15, 0.2) is 42.7 Å². The van der Waals surface area contributed by atoms with E-state index in [9.17, 15) is 4.79 Å². The van der Waals surface area contributed by atoms with Gasteiger partial charge in [0.25, 0.3) is 5.91 Å². The molecule has 138 valence electrons. The number of aromatic amines is 1. The minimum Gasteiger partial charge on any atom is -0.497 e. The molecule has 1 N–H and O–H groups in total. The number of fused-ring (bicyclic) bond motifs is 4. The molecule has 1 aliphatic carbocycles. The monoisotopic (exact) mass is 361 g/mol. The van der Waals surface area contributed by atoms with Gasteiger partial charge in [-0.1, -0.05) is 6.07 Å². The molecule has 2 aliphatic rings. The summed E-state index contributed by atoms with van der Waals surface area (Å²) in [6.45, 7) is 0.834. The quantitative estimate of drug-likeness (QED) is 0.753. The SMILES string of the molecule is COc1ccc2c(c1)[C@@H]1CCCN(C(=O)c3ccc4nc[nH]c4c3)[C@@H]1CC2. The van der Waals surface area contributed by atoms with Crippen LogP contribution in [0, 0.1) is 0 Å². The zero-order valence-electron chi connectivity index (χ0n) is 15.4. The number of imidazole rings is 1. The zero-order valence-corrected chi connectivity index (χ0v) is 15.4. The Balaban J connectivity index is 1.47. The van der Waals surface area contributed by atoms with Crippen LogP contribution in [-0.4, -0.2) is 40.5 Å². The van der Waals surface area contributed by atoms with Gasteiger partial charge < -0.3 is 14.6 Å². The highest BCUT2D eigenvalue weighted by molar-refractivity contribution is 5.97. The molecule has 0 spiro atoms. The highest BCUT2D eigenvalue weighted by Crippen LogP contribution is 2.42. The number of piperidine rings is 1. The van der Waals surface area contributed by atoms with E-state index >= 15 is 0 Å². The van der Waals surface area contributed by atoms with Gasteiger partial charge in [-0.25, -0.2) is 4.98 Å². The van der Waals surface area contributed by atoms with Crippen molar-refractivity contribution in [3.05, 3.63) is 59.4 Å². The number of benzene rings is 2. The molecule has 5 rings (SSSR count). The second-order valence-electron chi connectivity index (χ2n) is 7.55. The molecule has 1 aromatic heterocycles. The molecule has 1 amide bonds. The molecule has 0 bridgehead atoms. The van der Waals surface area contributed by atoms with Crippen molar-refractivity contribution < 1.29 is 9.53 Å². The van der Waals surface area contributed by atoms with Gasteiger partial charge >= 0.3 is 0 Å². The van der Waals surface area contributed by atoms with Crippen LogP contribution in [0.1, 0.15) is 46.7 Å². The fourth-order valence-corrected chi connectivity index (χ4v) is 4.84. The van der Waals surface area contributed by atoms with Crippen LogP contribution in [0.5, 0.6) is 5.75 Å². The lowest BCUT2D eigenvalue weighted by atomic mass is 9.74. The predicted molar refractivity (Wildman–Crippen MR) is 104 cm³/mol. The molecule has 1 fully saturated rings. The lowest BCUT2D eigenvalue weighted by Crippen LogP contribution is -2.49. The Morgan fingerprint density at radius 2 is 2.15 bits per heavy atom. The Morgan fingerprint density at radius 3 is 3.04 bits per heavy atom. The number of amides is 1. The first-order valence-electron chi connectivity index (χ1n) is 9.65. The molecule has 27 heavy (non-hydrogen) atoms. The molecule has 0 saturated carbocycles. The summed E-state index contributed by atoms with van der Waals surface area (Å²) in [4.78, 5) is 22.8. The van der Waals surface area contributed by atoms with E-state index in [2.05, 4.69) is 27.0 Å². The van der Waals surface area contributed by atoms with E-state index in [-0.39, 0.29) is 11.9 Å². The fraction of sp³-hybridized carbons (Fsp3) is 0.364. The average molecular weight is 361 g/mol. The van der Waals surface area contributed by atoms with E-state index in [4.69, 9.17) is 4.74 Å². The van der Waals surface area contributed by atoms with Crippen molar-refractivity contribution in [3.63, 3.8) is 0 Å². The van der Waals surface area contributed by atoms with Crippen LogP contribution in [0.25, 0.3) is 11.0 Å². The number of nitrogens with zero attached hydrogens (tertiary/aromatic N) is 2. The van der Waals surface area contributed by atoms with E-state index in [1.54, 1.807) is 13.4 Å². The molecule has 2 atom stereocenters. The Kier molecular flexibility index (Phi) is 3.88. The number of methoxy groups -OCH3 is 1. The number of hydrogen-bond donors (Lipinski definition) is 1. The molecule has 1 saturated heterocycles. The van der Waals surface area contributed by atoms with Crippen molar-refractivity contribution in [2.24, 2.45) is 0 Å². The van der Waals surface area contributed by atoms with Gasteiger partial charge in [-0.3, -0.25) is 4.79 Å². The van der Waals surface area contributed by atoms with Gasteiger partial charge in [0, 0.05) is 24.1 Å². The number of carbonyl (C=O) groups excluding carboxylic acids is 1. The number of rotatable bonds is 2. The Hall–Kier alpha value is -2.82. The summed E-state index contributed by atoms with van der Waals surface area (Å²) in [5.41, 5.74) is 5.32. The summed E-state index contributed by atoms with van der Waals surface area (Å²) in [6, 6.07) is 12.4. The number of H-pyrrole nitrogens is 1. The smallest absolute Gasteiger partial charge is 0.254 e. The Morgan fingerprint density at radius 1 is 1.22 bits per heavy atom. The topological polar surface area (TPSA) is 58.2 Å². The van der Waals surface area contributed by atoms with Crippen LogP contribution < -0.4 is 4.74 Å². The molecule has 5 nitrogen and oxygen atoms in total. The maximum atomic E-state index is 13.3. The molecular weight excluding hydrogens is 338 g/mol. The fourth-order valence-electron chi connectivity index (χ4n) is 4.84. The second kappa shape index (κ2) is 6.41. The number of nitrogens with one attached hydrogen (secondary N) is 1. The first-order chi connectivity index (χ1) is 13.2. The summed E-state index contributed by atoms with van der Waals surface area (Å²) >= 11 is 0. The normalized spacial score (nSPS) is 21.6. The van der Waals surface area contributed by atoms with Crippen molar-refractivity contribution in [2.45, 2.75) is 37.6 Å². The van der Waals surface area contributed by atoms with Gasteiger partial charge in [0.2, 0.25) is 0 Å². The third-order valence-electron chi connectivity index (χ3n) is 6.17. The number of ether oxygens (including phenoxy) is 1. The second-order valence-corrected chi connectivity index (χ2v) is 7.55. The Bertz CT molecular complexity index is 1010. The van der Waals surface area contributed by atoms with E-state index in [0.29, 0.717) is 5.92 Å². The molecule has 5 heteroatoms. The number of likely N-dealkylation sites (tertiary alicyclic amines) is 1. The summed E-state index contributed by atoms with van der Waals surface area (Å²) < 4.78 is 5.45. The highest BCUT2D eigenvalue weighted by Gasteiger charge is 2.38. The first kappa shape index (κ1) is 16.4. The van der Waals surface area contributed by atoms with Gasteiger partial charge in [-0.15, -0.1) is 0 Å². The van der Waals surface area contributed by atoms with Crippen LogP contribution in [0.3, 0.4) is 0 Å². The van der Waals surface area contributed by atoms with Gasteiger partial charge in [-0.05, 0) is 67.1 Å². The van der Waals surface area contributed by atoms with Crippen LogP contribution >= 0.6 is 0 Å². The molecule has 3 aromatic rings. The third-order valence-corrected chi connectivity index (χ3v) is 6.17. The average Bonchev–Trinajstić information content (AvgIpc) is 3.20. The van der Waals surface area contributed by atoms with Crippen LogP contribution in [-0.2, 0) is 6.42 Å². The number of hydrogen-bond acceptors (Lipinski definition) is 3. The van der Waals surface area contributed by atoms with Gasteiger partial charge in [0.05, 0.1) is 24.5 Å². The van der Waals surface area contributed by atoms with E-state index in [1.165, 1.54) is 11.1 Å². The highest BCUT2D eigenvalue weighted by atomic mass is 16.5. The largest absolute Gasteiger partial charge is 0.497 e. The molecule has 2 heterocycles. The molecule has 0 radical (unpaired) electrons. The lowest BCUT2D eigenvalue weighted by molar-refractivity contribution is 0.0547. The van der Waals surface area contributed by atoms with Crippen molar-refractivity contribution in [2.75, 3.05) is 13.7 Å².